The van der Waals surface area contributed by atoms with Crippen molar-refractivity contribution in [3.8, 4) is 11.8 Å². The minimum absolute atomic E-state index is 0.137. The number of carbonyl (C=O) groups excluding carboxylic acids is 1. The van der Waals surface area contributed by atoms with E-state index >= 15 is 0 Å². The fourth-order valence-electron chi connectivity index (χ4n) is 2.04. The van der Waals surface area contributed by atoms with Gasteiger partial charge in [-0.05, 0) is 18.6 Å². The van der Waals surface area contributed by atoms with Crippen LogP contribution in [0.25, 0.3) is 0 Å². The smallest absolute Gasteiger partial charge is 0.255 e. The van der Waals surface area contributed by atoms with Crippen molar-refractivity contribution in [3.63, 3.8) is 0 Å². The molecule has 0 aliphatic carbocycles. The Morgan fingerprint density at radius 3 is 2.86 bits per heavy atom. The first-order valence-corrected chi connectivity index (χ1v) is 6.67. The Bertz CT molecular complexity index is 707. The number of amides is 1. The Labute approximate surface area is 124 Å². The summed E-state index contributed by atoms with van der Waals surface area (Å²) in [6, 6.07) is 7.69. The summed E-state index contributed by atoms with van der Waals surface area (Å²) in [6.07, 6.45) is 1.71. The lowest BCUT2D eigenvalue weighted by atomic mass is 10.1. The quantitative estimate of drug-likeness (QED) is 0.824. The van der Waals surface area contributed by atoms with Gasteiger partial charge in [-0.2, -0.15) is 5.10 Å². The fourth-order valence-corrected chi connectivity index (χ4v) is 2.04. The maximum atomic E-state index is 12.2. The molecule has 108 valence electrons. The molecule has 0 saturated carbocycles. The molecule has 1 amide bonds. The van der Waals surface area contributed by atoms with Gasteiger partial charge in [0.2, 0.25) is 0 Å². The summed E-state index contributed by atoms with van der Waals surface area (Å²) >= 11 is 0. The van der Waals surface area contributed by atoms with Gasteiger partial charge in [0.25, 0.3) is 5.91 Å². The van der Waals surface area contributed by atoms with E-state index in [-0.39, 0.29) is 5.91 Å². The van der Waals surface area contributed by atoms with Crippen molar-refractivity contribution in [2.24, 2.45) is 12.8 Å². The highest BCUT2D eigenvalue weighted by molar-refractivity contribution is 5.94. The number of carbonyl (C=O) groups is 1. The van der Waals surface area contributed by atoms with E-state index in [0.717, 1.165) is 11.1 Å². The van der Waals surface area contributed by atoms with Gasteiger partial charge in [-0.1, -0.05) is 30.0 Å². The average molecular weight is 282 g/mol. The van der Waals surface area contributed by atoms with Gasteiger partial charge in [0.15, 0.2) is 0 Å². The second-order valence-electron chi connectivity index (χ2n) is 4.65. The Balaban J connectivity index is 2.10. The molecule has 0 saturated heterocycles. The molecule has 0 aliphatic rings. The van der Waals surface area contributed by atoms with Crippen LogP contribution in [0.3, 0.4) is 0 Å². The minimum Gasteiger partial charge on any atom is -0.348 e. The molecule has 0 radical (unpaired) electrons. The summed E-state index contributed by atoms with van der Waals surface area (Å²) < 4.78 is 1.63. The second-order valence-corrected chi connectivity index (χ2v) is 4.65. The largest absolute Gasteiger partial charge is 0.348 e. The molecule has 2 aromatic rings. The normalized spacial score (nSPS) is 9.86. The molecule has 5 heteroatoms. The molecule has 1 heterocycles. The number of hydrogen-bond donors (Lipinski definition) is 2. The zero-order valence-corrected chi connectivity index (χ0v) is 12.2. The molecular formula is C16H18N4O. The van der Waals surface area contributed by atoms with Crippen LogP contribution in [-0.2, 0) is 13.6 Å². The van der Waals surface area contributed by atoms with E-state index in [2.05, 4.69) is 22.3 Å². The molecule has 21 heavy (non-hydrogen) atoms. The number of aryl methyl sites for hydroxylation is 2. The lowest BCUT2D eigenvalue weighted by Crippen LogP contribution is -2.23. The standard InChI is InChI=1S/C16H18N4O/c1-12-15(11-20(2)19-12)16(21)18-10-14-7-4-3-6-13(14)8-5-9-17/h3-4,6-7,11H,9-10,17H2,1-2H3,(H,18,21). The van der Waals surface area contributed by atoms with Crippen molar-refractivity contribution < 1.29 is 4.79 Å². The number of nitrogens with zero attached hydrogens (tertiary/aromatic N) is 2. The first kappa shape index (κ1) is 14.8. The number of nitrogens with one attached hydrogen (secondary N) is 1. The summed E-state index contributed by atoms with van der Waals surface area (Å²) in [7, 11) is 1.79. The van der Waals surface area contributed by atoms with Crippen molar-refractivity contribution in [2.75, 3.05) is 6.54 Å². The maximum Gasteiger partial charge on any atom is 0.255 e. The monoisotopic (exact) mass is 282 g/mol. The van der Waals surface area contributed by atoms with E-state index in [0.29, 0.717) is 24.3 Å². The minimum atomic E-state index is -0.137. The van der Waals surface area contributed by atoms with Crippen LogP contribution >= 0.6 is 0 Å². The van der Waals surface area contributed by atoms with Crippen LogP contribution in [0.15, 0.2) is 30.5 Å². The van der Waals surface area contributed by atoms with Gasteiger partial charge in [-0.25, -0.2) is 0 Å². The van der Waals surface area contributed by atoms with Crippen molar-refractivity contribution in [2.45, 2.75) is 13.5 Å². The zero-order chi connectivity index (χ0) is 15.2. The molecule has 0 spiro atoms. The van der Waals surface area contributed by atoms with E-state index in [1.165, 1.54) is 0 Å². The number of nitrogens with two attached hydrogens (primary N) is 1. The molecule has 5 nitrogen and oxygen atoms in total. The van der Waals surface area contributed by atoms with E-state index < -0.39 is 0 Å². The second kappa shape index (κ2) is 6.73. The van der Waals surface area contributed by atoms with Gasteiger partial charge in [-0.15, -0.1) is 0 Å². The van der Waals surface area contributed by atoms with E-state index in [4.69, 9.17) is 5.73 Å². The predicted octanol–water partition coefficient (Wildman–Crippen LogP) is 0.969. The Morgan fingerprint density at radius 1 is 1.43 bits per heavy atom. The van der Waals surface area contributed by atoms with Gasteiger partial charge < -0.3 is 11.1 Å². The number of aromatic nitrogens is 2. The van der Waals surface area contributed by atoms with E-state index in [1.54, 1.807) is 17.9 Å². The van der Waals surface area contributed by atoms with Crippen LogP contribution < -0.4 is 11.1 Å². The van der Waals surface area contributed by atoms with Crippen molar-refractivity contribution >= 4 is 5.91 Å². The molecule has 1 aromatic heterocycles. The highest BCUT2D eigenvalue weighted by Crippen LogP contribution is 2.09. The lowest BCUT2D eigenvalue weighted by molar-refractivity contribution is 0.0950. The molecule has 0 aliphatic heterocycles. The van der Waals surface area contributed by atoms with Crippen molar-refractivity contribution in [3.05, 3.63) is 52.8 Å². The van der Waals surface area contributed by atoms with Gasteiger partial charge >= 0.3 is 0 Å². The third kappa shape index (κ3) is 3.71. The summed E-state index contributed by atoms with van der Waals surface area (Å²) in [5.74, 6) is 5.70. The predicted molar refractivity (Wildman–Crippen MR) is 81.5 cm³/mol. The van der Waals surface area contributed by atoms with Crippen molar-refractivity contribution in [1.82, 2.24) is 15.1 Å². The lowest BCUT2D eigenvalue weighted by Gasteiger charge is -2.06. The van der Waals surface area contributed by atoms with Gasteiger partial charge in [0, 0.05) is 25.4 Å². The Morgan fingerprint density at radius 2 is 2.19 bits per heavy atom. The molecule has 0 unspecified atom stereocenters. The Kier molecular flexibility index (Phi) is 4.75. The van der Waals surface area contributed by atoms with E-state index in [1.807, 2.05) is 31.2 Å². The molecule has 0 fully saturated rings. The molecule has 0 atom stereocenters. The van der Waals surface area contributed by atoms with Crippen LogP contribution in [0.1, 0.15) is 27.2 Å². The van der Waals surface area contributed by atoms with Crippen LogP contribution in [0.4, 0.5) is 0 Å². The average Bonchev–Trinajstić information content (AvgIpc) is 2.82. The maximum absolute atomic E-state index is 12.2. The van der Waals surface area contributed by atoms with Gasteiger partial charge in [0.05, 0.1) is 17.8 Å². The summed E-state index contributed by atoms with van der Waals surface area (Å²) in [5.41, 5.74) is 8.54. The van der Waals surface area contributed by atoms with Crippen LogP contribution in [0, 0.1) is 18.8 Å². The van der Waals surface area contributed by atoms with Crippen LogP contribution in [0.5, 0.6) is 0 Å². The first-order valence-electron chi connectivity index (χ1n) is 6.67. The van der Waals surface area contributed by atoms with Crippen molar-refractivity contribution in [1.29, 1.82) is 0 Å². The topological polar surface area (TPSA) is 72.9 Å². The first-order chi connectivity index (χ1) is 10.1. The molecule has 3 N–H and O–H groups in total. The molecule has 2 rings (SSSR count). The molecular weight excluding hydrogens is 264 g/mol. The molecule has 1 aromatic carbocycles. The molecule has 0 bridgehead atoms. The zero-order valence-electron chi connectivity index (χ0n) is 12.2. The summed E-state index contributed by atoms with van der Waals surface area (Å²) in [6.45, 7) is 2.55. The fraction of sp³-hybridized carbons (Fsp3) is 0.250. The van der Waals surface area contributed by atoms with E-state index in [9.17, 15) is 4.79 Å². The van der Waals surface area contributed by atoms with Gasteiger partial charge in [0.1, 0.15) is 0 Å². The summed E-state index contributed by atoms with van der Waals surface area (Å²) in [5, 5.41) is 7.06. The summed E-state index contributed by atoms with van der Waals surface area (Å²) in [4.78, 5) is 12.2. The number of rotatable bonds is 3. The third-order valence-corrected chi connectivity index (χ3v) is 3.04. The number of hydrogen-bond acceptors (Lipinski definition) is 3. The van der Waals surface area contributed by atoms with Crippen LogP contribution in [0.2, 0.25) is 0 Å². The highest BCUT2D eigenvalue weighted by Gasteiger charge is 2.12. The van der Waals surface area contributed by atoms with Crippen LogP contribution in [-0.4, -0.2) is 22.2 Å². The highest BCUT2D eigenvalue weighted by atomic mass is 16.1. The third-order valence-electron chi connectivity index (χ3n) is 3.04. The number of benzene rings is 1. The van der Waals surface area contributed by atoms with Gasteiger partial charge in [-0.3, -0.25) is 9.48 Å². The Hall–Kier alpha value is -2.58. The SMILES string of the molecule is Cc1nn(C)cc1C(=O)NCc1ccccc1C#CCN.